The third-order valence-corrected chi connectivity index (χ3v) is 7.64. The second-order valence-electron chi connectivity index (χ2n) is 7.91. The molecule has 0 atom stereocenters. The van der Waals surface area contributed by atoms with Crippen molar-refractivity contribution in [3.05, 3.63) is 124 Å². The number of benzene rings is 4. The van der Waals surface area contributed by atoms with E-state index in [-0.39, 0.29) is 28.4 Å². The van der Waals surface area contributed by atoms with Crippen LogP contribution in [0.2, 0.25) is 0 Å². The maximum absolute atomic E-state index is 14.4. The van der Waals surface area contributed by atoms with Crippen molar-refractivity contribution >= 4 is 43.2 Å². The summed E-state index contributed by atoms with van der Waals surface area (Å²) >= 11 is 3.19. The average Bonchev–Trinajstić information content (AvgIpc) is 2.85. The summed E-state index contributed by atoms with van der Waals surface area (Å²) in [5.41, 5.74) is 1.95. The molecule has 0 spiro atoms. The molecule has 0 aliphatic rings. The van der Waals surface area contributed by atoms with E-state index in [0.717, 1.165) is 11.1 Å². The van der Waals surface area contributed by atoms with Gasteiger partial charge in [0.2, 0.25) is 0 Å². The topological polar surface area (TPSA) is 66.5 Å². The van der Waals surface area contributed by atoms with E-state index in [1.165, 1.54) is 22.5 Å². The first-order valence-corrected chi connectivity index (χ1v) is 13.0. The van der Waals surface area contributed by atoms with E-state index in [2.05, 4.69) is 21.2 Å². The molecule has 0 bridgehead atoms. The van der Waals surface area contributed by atoms with Gasteiger partial charge in [0.15, 0.2) is 0 Å². The summed E-state index contributed by atoms with van der Waals surface area (Å²) in [5.74, 6) is -1.24. The van der Waals surface area contributed by atoms with Crippen molar-refractivity contribution in [1.29, 1.82) is 0 Å². The Morgan fingerprint density at radius 1 is 0.914 bits per heavy atom. The molecular formula is C27H22BrFN2O3S. The number of rotatable bonds is 7. The number of hydrogen-bond acceptors (Lipinski definition) is 3. The van der Waals surface area contributed by atoms with Gasteiger partial charge in [-0.15, -0.1) is 0 Å². The molecule has 0 radical (unpaired) electrons. The van der Waals surface area contributed by atoms with E-state index in [4.69, 9.17) is 0 Å². The number of aryl methyl sites for hydroxylation is 1. The van der Waals surface area contributed by atoms with E-state index < -0.39 is 21.7 Å². The number of anilines is 2. The molecule has 178 valence electrons. The fourth-order valence-electron chi connectivity index (χ4n) is 3.55. The van der Waals surface area contributed by atoms with Gasteiger partial charge in [0.25, 0.3) is 15.9 Å². The van der Waals surface area contributed by atoms with Gasteiger partial charge in [-0.25, -0.2) is 12.8 Å². The standard InChI is InChI=1S/C27H22BrFN2O3S/c1-19-11-14-22(15-12-19)35(33,34)31(18-20-7-3-2-4-8-20)26-10-6-5-9-23(26)27(32)30-25-16-13-21(28)17-24(25)29/h2-17H,18H2,1H3,(H,30,32). The van der Waals surface area contributed by atoms with Crippen LogP contribution in [0.25, 0.3) is 0 Å². The minimum absolute atomic E-state index is 0.00792. The zero-order chi connectivity index (χ0) is 25.0. The quantitative estimate of drug-likeness (QED) is 0.283. The van der Waals surface area contributed by atoms with Crippen molar-refractivity contribution in [3.63, 3.8) is 0 Å². The van der Waals surface area contributed by atoms with Crippen LogP contribution in [0.3, 0.4) is 0 Å². The van der Waals surface area contributed by atoms with Crippen LogP contribution in [0.1, 0.15) is 21.5 Å². The molecule has 5 nitrogen and oxygen atoms in total. The van der Waals surface area contributed by atoms with Crippen molar-refractivity contribution < 1.29 is 17.6 Å². The minimum atomic E-state index is -4.04. The number of amides is 1. The van der Waals surface area contributed by atoms with Gasteiger partial charge in [-0.1, -0.05) is 76.1 Å². The first kappa shape index (κ1) is 24.6. The molecule has 4 aromatic rings. The van der Waals surface area contributed by atoms with Gasteiger partial charge in [-0.05, 0) is 55.0 Å². The van der Waals surface area contributed by atoms with Gasteiger partial charge in [-0.2, -0.15) is 0 Å². The Morgan fingerprint density at radius 3 is 2.26 bits per heavy atom. The van der Waals surface area contributed by atoms with E-state index in [1.54, 1.807) is 48.5 Å². The number of nitrogens with one attached hydrogen (secondary N) is 1. The van der Waals surface area contributed by atoms with Gasteiger partial charge in [0.1, 0.15) is 5.82 Å². The molecule has 0 saturated heterocycles. The smallest absolute Gasteiger partial charge is 0.264 e. The summed E-state index contributed by atoms with van der Waals surface area (Å²) in [7, 11) is -4.04. The Balaban J connectivity index is 1.79. The van der Waals surface area contributed by atoms with E-state index >= 15 is 0 Å². The number of hydrogen-bond donors (Lipinski definition) is 1. The highest BCUT2D eigenvalue weighted by Crippen LogP contribution is 2.30. The summed E-state index contributed by atoms with van der Waals surface area (Å²) in [6, 6.07) is 26.3. The molecule has 35 heavy (non-hydrogen) atoms. The fourth-order valence-corrected chi connectivity index (χ4v) is 5.35. The first-order chi connectivity index (χ1) is 16.8. The van der Waals surface area contributed by atoms with Crippen LogP contribution in [-0.4, -0.2) is 14.3 Å². The molecule has 0 aliphatic heterocycles. The lowest BCUT2D eigenvalue weighted by Crippen LogP contribution is -2.32. The summed E-state index contributed by atoms with van der Waals surface area (Å²) in [6.07, 6.45) is 0. The first-order valence-electron chi connectivity index (χ1n) is 10.7. The third kappa shape index (κ3) is 5.61. The highest BCUT2D eigenvalue weighted by atomic mass is 79.9. The molecule has 0 saturated carbocycles. The maximum atomic E-state index is 14.4. The number of para-hydroxylation sites is 1. The monoisotopic (exact) mass is 552 g/mol. The Labute approximate surface area is 212 Å². The third-order valence-electron chi connectivity index (χ3n) is 5.37. The lowest BCUT2D eigenvalue weighted by molar-refractivity contribution is 0.102. The normalized spacial score (nSPS) is 11.2. The fraction of sp³-hybridized carbons (Fsp3) is 0.0741. The van der Waals surface area contributed by atoms with Crippen molar-refractivity contribution in [2.45, 2.75) is 18.4 Å². The number of carbonyl (C=O) groups excluding carboxylic acids is 1. The van der Waals surface area contributed by atoms with Crippen LogP contribution in [0.5, 0.6) is 0 Å². The van der Waals surface area contributed by atoms with Gasteiger partial charge < -0.3 is 5.32 Å². The van der Waals surface area contributed by atoms with Crippen LogP contribution in [-0.2, 0) is 16.6 Å². The Kier molecular flexibility index (Phi) is 7.33. The Morgan fingerprint density at radius 2 is 1.57 bits per heavy atom. The molecule has 0 aromatic heterocycles. The average molecular weight is 553 g/mol. The van der Waals surface area contributed by atoms with Gasteiger partial charge in [-0.3, -0.25) is 9.10 Å². The molecule has 8 heteroatoms. The molecular weight excluding hydrogens is 531 g/mol. The lowest BCUT2D eigenvalue weighted by atomic mass is 10.1. The maximum Gasteiger partial charge on any atom is 0.264 e. The minimum Gasteiger partial charge on any atom is -0.319 e. The second-order valence-corrected chi connectivity index (χ2v) is 10.7. The molecule has 0 unspecified atom stereocenters. The lowest BCUT2D eigenvalue weighted by Gasteiger charge is -2.26. The Bertz CT molecular complexity index is 1460. The van der Waals surface area contributed by atoms with Gasteiger partial charge >= 0.3 is 0 Å². The predicted octanol–water partition coefficient (Wildman–Crippen LogP) is 6.54. The zero-order valence-corrected chi connectivity index (χ0v) is 21.2. The number of halogens is 2. The highest BCUT2D eigenvalue weighted by molar-refractivity contribution is 9.10. The second kappa shape index (κ2) is 10.4. The summed E-state index contributed by atoms with van der Waals surface area (Å²) in [5, 5.41) is 2.56. The predicted molar refractivity (Wildman–Crippen MR) is 139 cm³/mol. The van der Waals surface area contributed by atoms with Gasteiger partial charge in [0, 0.05) is 4.47 Å². The van der Waals surface area contributed by atoms with Crippen LogP contribution < -0.4 is 9.62 Å². The number of nitrogens with zero attached hydrogens (tertiary/aromatic N) is 1. The molecule has 0 fully saturated rings. The van der Waals surface area contributed by atoms with Crippen LogP contribution in [0.15, 0.2) is 106 Å². The molecule has 4 rings (SSSR count). The molecule has 4 aromatic carbocycles. The van der Waals surface area contributed by atoms with Crippen molar-refractivity contribution in [3.8, 4) is 0 Å². The van der Waals surface area contributed by atoms with Crippen molar-refractivity contribution in [1.82, 2.24) is 0 Å². The van der Waals surface area contributed by atoms with E-state index in [1.807, 2.05) is 37.3 Å². The molecule has 1 amide bonds. The highest BCUT2D eigenvalue weighted by Gasteiger charge is 2.28. The van der Waals surface area contributed by atoms with Crippen molar-refractivity contribution in [2.24, 2.45) is 0 Å². The van der Waals surface area contributed by atoms with E-state index in [9.17, 15) is 17.6 Å². The molecule has 0 aliphatic carbocycles. The van der Waals surface area contributed by atoms with Crippen LogP contribution in [0, 0.1) is 12.7 Å². The summed E-state index contributed by atoms with van der Waals surface area (Å²) in [6.45, 7) is 1.88. The molecule has 1 N–H and O–H groups in total. The number of carbonyl (C=O) groups is 1. The summed E-state index contributed by atoms with van der Waals surface area (Å²) in [4.78, 5) is 13.3. The SMILES string of the molecule is Cc1ccc(S(=O)(=O)N(Cc2ccccc2)c2ccccc2C(=O)Nc2ccc(Br)cc2F)cc1. The van der Waals surface area contributed by atoms with Crippen LogP contribution >= 0.6 is 15.9 Å². The largest absolute Gasteiger partial charge is 0.319 e. The summed E-state index contributed by atoms with van der Waals surface area (Å²) < 4.78 is 43.7. The van der Waals surface area contributed by atoms with E-state index in [0.29, 0.717) is 4.47 Å². The van der Waals surface area contributed by atoms with Crippen LogP contribution in [0.4, 0.5) is 15.8 Å². The van der Waals surface area contributed by atoms with Gasteiger partial charge in [0.05, 0.1) is 28.4 Å². The zero-order valence-electron chi connectivity index (χ0n) is 18.8. The number of sulfonamides is 1. The molecule has 0 heterocycles. The van der Waals surface area contributed by atoms with Crippen molar-refractivity contribution in [2.75, 3.05) is 9.62 Å². The Hall–Kier alpha value is -3.49.